The number of rotatable bonds is 6. The second-order valence-corrected chi connectivity index (χ2v) is 8.07. The van der Waals surface area contributed by atoms with Crippen LogP contribution in [0.25, 0.3) is 0 Å². The number of hydrogen-bond donors (Lipinski definition) is 2. The Morgan fingerprint density at radius 2 is 2.08 bits per heavy atom. The van der Waals surface area contributed by atoms with Gasteiger partial charge in [-0.25, -0.2) is 0 Å². The predicted molar refractivity (Wildman–Crippen MR) is 108 cm³/mol. The number of ether oxygens (including phenoxy) is 1. The molecule has 2 unspecified atom stereocenters. The van der Waals surface area contributed by atoms with E-state index in [-0.39, 0.29) is 11.5 Å². The third-order valence-corrected chi connectivity index (χ3v) is 5.49. The fourth-order valence-corrected chi connectivity index (χ4v) is 3.82. The van der Waals surface area contributed by atoms with Gasteiger partial charge in [0, 0.05) is 31.1 Å². The maximum Gasteiger partial charge on any atom is 0.191 e. The zero-order valence-corrected chi connectivity index (χ0v) is 16.5. The summed E-state index contributed by atoms with van der Waals surface area (Å²) < 4.78 is 6.05. The van der Waals surface area contributed by atoms with Crippen LogP contribution >= 0.6 is 0 Å². The molecule has 2 aliphatic rings. The Balaban J connectivity index is 1.54. The molecule has 0 radical (unpaired) electrons. The Morgan fingerprint density at radius 3 is 2.85 bits per heavy atom. The minimum absolute atomic E-state index is 0.00766. The van der Waals surface area contributed by atoms with E-state index in [0.29, 0.717) is 6.04 Å². The molecule has 2 N–H and O–H groups in total. The molecule has 1 aromatic carbocycles. The largest absolute Gasteiger partial charge is 0.373 e. The molecular weight excluding hydrogens is 324 g/mol. The molecule has 5 nitrogen and oxygen atoms in total. The van der Waals surface area contributed by atoms with E-state index in [1.165, 1.54) is 24.9 Å². The normalized spacial score (nSPS) is 24.3. The Kier molecular flexibility index (Phi) is 6.54. The second-order valence-electron chi connectivity index (χ2n) is 8.07. The summed E-state index contributed by atoms with van der Waals surface area (Å²) in [4.78, 5) is 7.42. The van der Waals surface area contributed by atoms with Gasteiger partial charge in [-0.2, -0.15) is 0 Å². The smallest absolute Gasteiger partial charge is 0.191 e. The lowest BCUT2D eigenvalue weighted by Gasteiger charge is -2.35. The first-order valence-electron chi connectivity index (χ1n) is 10.0. The summed E-state index contributed by atoms with van der Waals surface area (Å²) in [5.41, 5.74) is 1.32. The van der Waals surface area contributed by atoms with Crippen LogP contribution in [0.5, 0.6) is 0 Å². The zero-order chi connectivity index (χ0) is 18.4. The molecule has 2 heterocycles. The maximum atomic E-state index is 6.05. The van der Waals surface area contributed by atoms with Crippen molar-refractivity contribution in [2.75, 3.05) is 39.3 Å². The molecule has 3 rings (SSSR count). The van der Waals surface area contributed by atoms with Gasteiger partial charge in [0.05, 0.1) is 19.3 Å². The molecule has 0 saturated carbocycles. The molecule has 2 aliphatic heterocycles. The van der Waals surface area contributed by atoms with E-state index in [0.717, 1.165) is 38.7 Å². The third-order valence-electron chi connectivity index (χ3n) is 5.49. The topological polar surface area (TPSA) is 48.9 Å². The van der Waals surface area contributed by atoms with Crippen LogP contribution in [0.4, 0.5) is 0 Å². The van der Waals surface area contributed by atoms with Crippen molar-refractivity contribution in [2.24, 2.45) is 4.99 Å². The van der Waals surface area contributed by atoms with Crippen molar-refractivity contribution in [3.8, 4) is 0 Å². The molecule has 2 fully saturated rings. The third kappa shape index (κ3) is 4.98. The van der Waals surface area contributed by atoms with Crippen molar-refractivity contribution in [3.05, 3.63) is 35.9 Å². The first-order valence-corrected chi connectivity index (χ1v) is 10.0. The highest BCUT2D eigenvalue weighted by Crippen LogP contribution is 2.23. The van der Waals surface area contributed by atoms with Crippen LogP contribution in [-0.4, -0.2) is 62.3 Å². The molecule has 0 spiro atoms. The van der Waals surface area contributed by atoms with Crippen LogP contribution in [0, 0.1) is 0 Å². The van der Waals surface area contributed by atoms with Gasteiger partial charge in [0.2, 0.25) is 0 Å². The molecule has 26 heavy (non-hydrogen) atoms. The molecule has 0 amide bonds. The van der Waals surface area contributed by atoms with Gasteiger partial charge in [0.25, 0.3) is 0 Å². The molecule has 0 aromatic heterocycles. The number of morpholine rings is 1. The highest BCUT2D eigenvalue weighted by molar-refractivity contribution is 5.79. The van der Waals surface area contributed by atoms with Crippen LogP contribution < -0.4 is 10.6 Å². The second kappa shape index (κ2) is 8.87. The Hall–Kier alpha value is -1.59. The summed E-state index contributed by atoms with van der Waals surface area (Å²) in [6.45, 7) is 12.1. The highest BCUT2D eigenvalue weighted by Gasteiger charge is 2.32. The highest BCUT2D eigenvalue weighted by atomic mass is 16.5. The summed E-state index contributed by atoms with van der Waals surface area (Å²) in [7, 11) is 0. The summed E-state index contributed by atoms with van der Waals surface area (Å²) >= 11 is 0. The first kappa shape index (κ1) is 19.2. The van der Waals surface area contributed by atoms with Crippen molar-refractivity contribution >= 4 is 5.96 Å². The number of aliphatic imine (C=N–C) groups is 1. The van der Waals surface area contributed by atoms with Crippen molar-refractivity contribution in [3.63, 3.8) is 0 Å². The fraction of sp³-hybridized carbons (Fsp3) is 0.667. The van der Waals surface area contributed by atoms with E-state index in [1.54, 1.807) is 0 Å². The molecule has 2 saturated heterocycles. The lowest BCUT2D eigenvalue weighted by Crippen LogP contribution is -2.51. The first-order chi connectivity index (χ1) is 12.6. The Labute approximate surface area is 158 Å². The summed E-state index contributed by atoms with van der Waals surface area (Å²) in [6, 6.07) is 11.3. The summed E-state index contributed by atoms with van der Waals surface area (Å²) in [6.07, 6.45) is 2.85. The molecule has 0 aliphatic carbocycles. The van der Waals surface area contributed by atoms with Crippen LogP contribution in [0.2, 0.25) is 0 Å². The number of nitrogens with zero attached hydrogens (tertiary/aromatic N) is 2. The number of nitrogens with one attached hydrogen (secondary N) is 2. The monoisotopic (exact) mass is 358 g/mol. The van der Waals surface area contributed by atoms with E-state index in [1.807, 2.05) is 0 Å². The molecule has 5 heteroatoms. The van der Waals surface area contributed by atoms with Gasteiger partial charge in [-0.05, 0) is 31.9 Å². The van der Waals surface area contributed by atoms with Gasteiger partial charge in [-0.3, -0.25) is 9.89 Å². The minimum atomic E-state index is 0.00766. The van der Waals surface area contributed by atoms with E-state index in [4.69, 9.17) is 9.73 Å². The Bertz CT molecular complexity index is 587. The van der Waals surface area contributed by atoms with Crippen LogP contribution in [0.3, 0.4) is 0 Å². The van der Waals surface area contributed by atoms with Crippen molar-refractivity contribution in [1.29, 1.82) is 0 Å². The van der Waals surface area contributed by atoms with Crippen LogP contribution in [0.1, 0.15) is 39.2 Å². The van der Waals surface area contributed by atoms with Gasteiger partial charge >= 0.3 is 0 Å². The van der Waals surface area contributed by atoms with Gasteiger partial charge < -0.3 is 15.4 Å². The maximum absolute atomic E-state index is 6.05. The number of guanidine groups is 1. The van der Waals surface area contributed by atoms with Crippen molar-refractivity contribution < 1.29 is 4.74 Å². The van der Waals surface area contributed by atoms with Crippen molar-refractivity contribution in [2.45, 2.75) is 51.2 Å². The minimum Gasteiger partial charge on any atom is -0.373 e. The molecule has 144 valence electrons. The van der Waals surface area contributed by atoms with E-state index < -0.39 is 0 Å². The summed E-state index contributed by atoms with van der Waals surface area (Å²) in [5.74, 6) is 0.878. The number of hydrogen-bond acceptors (Lipinski definition) is 3. The van der Waals surface area contributed by atoms with Gasteiger partial charge in [0.15, 0.2) is 5.96 Å². The van der Waals surface area contributed by atoms with Crippen LogP contribution in [0.15, 0.2) is 35.3 Å². The van der Waals surface area contributed by atoms with Crippen molar-refractivity contribution in [1.82, 2.24) is 15.5 Å². The number of fused-ring (bicyclic) bond motifs is 1. The van der Waals surface area contributed by atoms with E-state index in [9.17, 15) is 0 Å². The SMILES string of the molecule is CCNC(=NCC(C)(C)c1ccccc1)NCC1CN2CCCC2CO1. The molecule has 2 atom stereocenters. The average molecular weight is 359 g/mol. The number of benzene rings is 1. The Morgan fingerprint density at radius 1 is 1.27 bits per heavy atom. The van der Waals surface area contributed by atoms with Gasteiger partial charge in [-0.15, -0.1) is 0 Å². The van der Waals surface area contributed by atoms with E-state index >= 15 is 0 Å². The molecule has 0 bridgehead atoms. The zero-order valence-electron chi connectivity index (χ0n) is 16.5. The quantitative estimate of drug-likeness (QED) is 0.606. The van der Waals surface area contributed by atoms with Crippen LogP contribution in [-0.2, 0) is 10.2 Å². The predicted octanol–water partition coefficient (Wildman–Crippen LogP) is 2.38. The van der Waals surface area contributed by atoms with Gasteiger partial charge in [0.1, 0.15) is 0 Å². The lowest BCUT2D eigenvalue weighted by atomic mass is 9.85. The fourth-order valence-electron chi connectivity index (χ4n) is 3.82. The lowest BCUT2D eigenvalue weighted by molar-refractivity contribution is -0.0453. The molecule has 1 aromatic rings. The average Bonchev–Trinajstić information content (AvgIpc) is 3.12. The van der Waals surface area contributed by atoms with E-state index in [2.05, 4.69) is 66.6 Å². The summed E-state index contributed by atoms with van der Waals surface area (Å²) in [5, 5.41) is 6.84. The standard InChI is InChI=1S/C21H34N4O/c1-4-22-20(24-16-21(2,3)17-9-6-5-7-10-17)23-13-19-14-25-12-8-11-18(25)15-26-19/h5-7,9-10,18-19H,4,8,11-16H2,1-3H3,(H2,22,23,24). The molecular formula is C21H34N4O. The van der Waals surface area contributed by atoms with Gasteiger partial charge in [-0.1, -0.05) is 44.2 Å².